The summed E-state index contributed by atoms with van der Waals surface area (Å²) in [6.45, 7) is 7.24. The van der Waals surface area contributed by atoms with Crippen molar-refractivity contribution in [1.82, 2.24) is 10.6 Å². The van der Waals surface area contributed by atoms with Gasteiger partial charge in [-0.1, -0.05) is 32.9 Å². The van der Waals surface area contributed by atoms with E-state index in [2.05, 4.69) is 31.4 Å². The van der Waals surface area contributed by atoms with E-state index in [1.165, 1.54) is 0 Å². The third kappa shape index (κ3) is 5.46. The van der Waals surface area contributed by atoms with E-state index in [1.807, 2.05) is 12.1 Å². The van der Waals surface area contributed by atoms with Crippen molar-refractivity contribution >= 4 is 28.2 Å². The maximum Gasteiger partial charge on any atom is 0.237 e. The number of carbonyl (C=O) groups excluding carboxylic acids is 1. The van der Waals surface area contributed by atoms with E-state index >= 15 is 0 Å². The molecule has 5 nitrogen and oxygen atoms in total. The van der Waals surface area contributed by atoms with Crippen molar-refractivity contribution in [2.75, 3.05) is 18.8 Å². The van der Waals surface area contributed by atoms with Gasteiger partial charge in [0.15, 0.2) is 9.84 Å². The topological polar surface area (TPSA) is 75.3 Å². The summed E-state index contributed by atoms with van der Waals surface area (Å²) in [5.41, 5.74) is 1.09. The zero-order chi connectivity index (χ0) is 17.1. The van der Waals surface area contributed by atoms with Crippen LogP contribution in [-0.4, -0.2) is 39.2 Å². The van der Waals surface area contributed by atoms with Gasteiger partial charge < -0.3 is 10.6 Å². The molecule has 1 aromatic carbocycles. The molecule has 2 N–H and O–H groups in total. The van der Waals surface area contributed by atoms with Crippen LogP contribution in [0.3, 0.4) is 0 Å². The second-order valence-electron chi connectivity index (χ2n) is 7.03. The fraction of sp³-hybridized carbons (Fsp3) is 0.588. The highest BCUT2D eigenvalue weighted by molar-refractivity contribution is 7.91. The lowest BCUT2D eigenvalue weighted by Crippen LogP contribution is -2.42. The quantitative estimate of drug-likeness (QED) is 0.827. The van der Waals surface area contributed by atoms with E-state index in [0.717, 1.165) is 24.9 Å². The lowest BCUT2D eigenvalue weighted by Gasteiger charge is -2.19. The summed E-state index contributed by atoms with van der Waals surface area (Å²) in [6.07, 6.45) is 1.79. The molecule has 1 aliphatic heterocycles. The van der Waals surface area contributed by atoms with E-state index in [-0.39, 0.29) is 42.1 Å². The largest absolute Gasteiger partial charge is 0.354 e. The molecule has 1 heterocycles. The number of amides is 1. The molecule has 0 aliphatic carbocycles. The lowest BCUT2D eigenvalue weighted by molar-refractivity contribution is -0.122. The third-order valence-electron chi connectivity index (χ3n) is 4.13. The first-order chi connectivity index (χ1) is 10.7. The fourth-order valence-electron chi connectivity index (χ4n) is 2.62. The first-order valence-corrected chi connectivity index (χ1v) is 9.70. The summed E-state index contributed by atoms with van der Waals surface area (Å²) >= 11 is 0. The van der Waals surface area contributed by atoms with Crippen molar-refractivity contribution in [2.24, 2.45) is 0 Å². The van der Waals surface area contributed by atoms with Gasteiger partial charge in [-0.25, -0.2) is 8.42 Å². The van der Waals surface area contributed by atoms with Gasteiger partial charge in [-0.15, -0.1) is 12.4 Å². The predicted octanol–water partition coefficient (Wildman–Crippen LogP) is 2.05. The maximum atomic E-state index is 12.3. The minimum atomic E-state index is -3.38. The monoisotopic (exact) mass is 374 g/mol. The molecule has 1 aromatic rings. The molecule has 0 saturated carbocycles. The first kappa shape index (κ1) is 20.9. The molecule has 0 bridgehead atoms. The number of halogens is 1. The highest BCUT2D eigenvalue weighted by Gasteiger charge is 2.22. The lowest BCUT2D eigenvalue weighted by atomic mass is 9.87. The predicted molar refractivity (Wildman–Crippen MR) is 98.5 cm³/mol. The fourth-order valence-corrected chi connectivity index (χ4v) is 3.78. The Balaban J connectivity index is 0.00000288. The van der Waals surface area contributed by atoms with Crippen LogP contribution in [0.4, 0.5) is 0 Å². The van der Waals surface area contributed by atoms with Gasteiger partial charge in [-0.3, -0.25) is 4.79 Å². The summed E-state index contributed by atoms with van der Waals surface area (Å²) in [7, 11) is -3.38. The molecule has 2 rings (SSSR count). The van der Waals surface area contributed by atoms with Crippen LogP contribution >= 0.6 is 12.4 Å². The number of benzene rings is 1. The minimum Gasteiger partial charge on any atom is -0.354 e. The number of sulfone groups is 1. The van der Waals surface area contributed by atoms with Crippen LogP contribution in [0.5, 0.6) is 0 Å². The summed E-state index contributed by atoms with van der Waals surface area (Å²) in [4.78, 5) is 12.2. The Morgan fingerprint density at radius 3 is 2.38 bits per heavy atom. The average molecular weight is 375 g/mol. The van der Waals surface area contributed by atoms with E-state index in [0.29, 0.717) is 4.90 Å². The van der Waals surface area contributed by atoms with E-state index in [4.69, 9.17) is 0 Å². The van der Waals surface area contributed by atoms with E-state index in [9.17, 15) is 13.2 Å². The van der Waals surface area contributed by atoms with Crippen molar-refractivity contribution in [3.63, 3.8) is 0 Å². The van der Waals surface area contributed by atoms with E-state index < -0.39 is 9.84 Å². The van der Waals surface area contributed by atoms with Gasteiger partial charge in [0.2, 0.25) is 5.91 Å². The maximum absolute atomic E-state index is 12.3. The Morgan fingerprint density at radius 1 is 1.25 bits per heavy atom. The van der Waals surface area contributed by atoms with Gasteiger partial charge in [0, 0.05) is 6.54 Å². The van der Waals surface area contributed by atoms with Crippen molar-refractivity contribution in [2.45, 2.75) is 50.0 Å². The number of hydrogen-bond donors (Lipinski definition) is 2. The normalized spacial score (nSPS) is 18.0. The average Bonchev–Trinajstić information content (AvgIpc) is 3.00. The molecule has 24 heavy (non-hydrogen) atoms. The number of carbonyl (C=O) groups is 1. The zero-order valence-corrected chi connectivity index (χ0v) is 16.1. The number of hydrogen-bond acceptors (Lipinski definition) is 4. The summed E-state index contributed by atoms with van der Waals surface area (Å²) in [5, 5.41) is 5.80. The van der Waals surface area contributed by atoms with Crippen LogP contribution in [0.25, 0.3) is 0 Å². The summed E-state index contributed by atoms with van der Waals surface area (Å²) in [6, 6.07) is 6.83. The van der Waals surface area contributed by atoms with Gasteiger partial charge in [0.1, 0.15) is 0 Å². The molecule has 1 fully saturated rings. The van der Waals surface area contributed by atoms with Crippen LogP contribution in [0.1, 0.15) is 39.2 Å². The van der Waals surface area contributed by atoms with Crippen LogP contribution in [0.15, 0.2) is 29.2 Å². The Kier molecular flexibility index (Phi) is 7.25. The molecule has 136 valence electrons. The van der Waals surface area contributed by atoms with Gasteiger partial charge >= 0.3 is 0 Å². The molecule has 0 aromatic heterocycles. The third-order valence-corrected chi connectivity index (χ3v) is 5.86. The highest BCUT2D eigenvalue weighted by atomic mass is 35.5. The summed E-state index contributed by atoms with van der Waals surface area (Å²) in [5.74, 6) is -0.193. The SMILES string of the molecule is CC(C)(C)c1ccc(S(=O)(=O)CCNC(=O)C2CCCN2)cc1.Cl. The number of nitrogens with one attached hydrogen (secondary N) is 2. The summed E-state index contributed by atoms with van der Waals surface area (Å²) < 4.78 is 24.7. The van der Waals surface area contributed by atoms with Crippen molar-refractivity contribution < 1.29 is 13.2 Å². The molecule has 0 spiro atoms. The van der Waals surface area contributed by atoms with Gasteiger partial charge in [0.25, 0.3) is 0 Å². The molecule has 1 amide bonds. The van der Waals surface area contributed by atoms with Crippen molar-refractivity contribution in [3.8, 4) is 0 Å². The molecule has 0 radical (unpaired) electrons. The van der Waals surface area contributed by atoms with Crippen LogP contribution < -0.4 is 10.6 Å². The first-order valence-electron chi connectivity index (χ1n) is 8.04. The smallest absolute Gasteiger partial charge is 0.237 e. The highest BCUT2D eigenvalue weighted by Crippen LogP contribution is 2.23. The minimum absolute atomic E-state index is 0. The molecule has 1 unspecified atom stereocenters. The standard InChI is InChI=1S/C17H26N2O3S.ClH/c1-17(2,3)13-6-8-14(9-7-13)23(21,22)12-11-19-16(20)15-5-4-10-18-15;/h6-9,15,18H,4-5,10-12H2,1-3H3,(H,19,20);1H. The van der Waals surface area contributed by atoms with Gasteiger partial charge in [-0.05, 0) is 42.5 Å². The van der Waals surface area contributed by atoms with Crippen molar-refractivity contribution in [3.05, 3.63) is 29.8 Å². The molecule has 1 atom stereocenters. The molecule has 1 saturated heterocycles. The molecular weight excluding hydrogens is 348 g/mol. The molecule has 1 aliphatic rings. The second-order valence-corrected chi connectivity index (χ2v) is 9.14. The van der Waals surface area contributed by atoms with Crippen LogP contribution in [0, 0.1) is 0 Å². The molecule has 7 heteroatoms. The van der Waals surface area contributed by atoms with Crippen molar-refractivity contribution in [1.29, 1.82) is 0 Å². The van der Waals surface area contributed by atoms with Gasteiger partial charge in [0.05, 0.1) is 16.7 Å². The zero-order valence-electron chi connectivity index (χ0n) is 14.5. The Hall–Kier alpha value is -1.11. The Bertz CT molecular complexity index is 645. The van der Waals surface area contributed by atoms with Gasteiger partial charge in [-0.2, -0.15) is 0 Å². The Labute approximate surface area is 150 Å². The molecular formula is C17H27ClN2O3S. The van der Waals surface area contributed by atoms with Crippen LogP contribution in [0.2, 0.25) is 0 Å². The van der Waals surface area contributed by atoms with E-state index in [1.54, 1.807) is 12.1 Å². The Morgan fingerprint density at radius 2 is 1.88 bits per heavy atom. The number of rotatable bonds is 5. The van der Waals surface area contributed by atoms with Crippen LogP contribution in [-0.2, 0) is 20.0 Å². The second kappa shape index (κ2) is 8.32.